The molecule has 0 radical (unpaired) electrons. The van der Waals surface area contributed by atoms with Crippen molar-refractivity contribution in [1.82, 2.24) is 9.97 Å². The number of hydrogen-bond donors (Lipinski definition) is 1. The van der Waals surface area contributed by atoms with Gasteiger partial charge in [-0.25, -0.2) is 9.97 Å². The van der Waals surface area contributed by atoms with Crippen molar-refractivity contribution >= 4 is 5.84 Å². The van der Waals surface area contributed by atoms with Gasteiger partial charge in [-0.1, -0.05) is 26.8 Å². The summed E-state index contributed by atoms with van der Waals surface area (Å²) in [5.41, 5.74) is 8.79. The van der Waals surface area contributed by atoms with Gasteiger partial charge in [0.1, 0.15) is 23.7 Å². The lowest BCUT2D eigenvalue weighted by Gasteiger charge is -2.39. The van der Waals surface area contributed by atoms with E-state index in [9.17, 15) is 4.39 Å². The molecule has 31 heavy (non-hydrogen) atoms. The third kappa shape index (κ3) is 3.16. The molecule has 5 rings (SSSR count). The van der Waals surface area contributed by atoms with E-state index >= 15 is 0 Å². The first-order valence-electron chi connectivity index (χ1n) is 10.1. The van der Waals surface area contributed by atoms with Crippen LogP contribution in [0.15, 0.2) is 53.8 Å². The van der Waals surface area contributed by atoms with E-state index in [0.29, 0.717) is 28.6 Å². The first kappa shape index (κ1) is 19.6. The number of fused-ring (bicyclic) bond motifs is 4. The van der Waals surface area contributed by atoms with Gasteiger partial charge >= 0.3 is 0 Å². The number of aliphatic imine (C=N–C) groups is 1. The molecule has 0 saturated carbocycles. The third-order valence-corrected chi connectivity index (χ3v) is 5.76. The Labute approximate surface area is 180 Å². The van der Waals surface area contributed by atoms with E-state index in [-0.39, 0.29) is 18.6 Å². The van der Waals surface area contributed by atoms with Gasteiger partial charge in [0.05, 0.1) is 6.61 Å². The lowest BCUT2D eigenvalue weighted by Crippen LogP contribution is -2.42. The number of pyridine rings is 2. The molecular formula is C24H23FN4O2. The van der Waals surface area contributed by atoms with Crippen LogP contribution in [0.5, 0.6) is 11.6 Å². The third-order valence-electron chi connectivity index (χ3n) is 5.76. The van der Waals surface area contributed by atoms with Crippen molar-refractivity contribution in [1.29, 1.82) is 0 Å². The van der Waals surface area contributed by atoms with Crippen molar-refractivity contribution in [3.8, 4) is 22.8 Å². The van der Waals surface area contributed by atoms with Crippen molar-refractivity contribution in [3.63, 3.8) is 0 Å². The van der Waals surface area contributed by atoms with E-state index in [2.05, 4.69) is 36.8 Å². The van der Waals surface area contributed by atoms with Gasteiger partial charge in [-0.3, -0.25) is 4.99 Å². The average molecular weight is 418 g/mol. The molecule has 0 fully saturated rings. The average Bonchev–Trinajstić information content (AvgIpc) is 2.73. The molecule has 4 heterocycles. The molecular weight excluding hydrogens is 395 g/mol. The second kappa shape index (κ2) is 6.85. The lowest BCUT2D eigenvalue weighted by atomic mass is 9.78. The zero-order valence-electron chi connectivity index (χ0n) is 17.6. The minimum Gasteiger partial charge on any atom is -0.438 e. The summed E-state index contributed by atoms with van der Waals surface area (Å²) in [4.78, 5) is 13.3. The molecule has 1 aromatic carbocycles. The van der Waals surface area contributed by atoms with E-state index in [0.717, 1.165) is 16.7 Å². The Morgan fingerprint density at radius 1 is 1.10 bits per heavy atom. The van der Waals surface area contributed by atoms with Gasteiger partial charge in [0.25, 0.3) is 0 Å². The van der Waals surface area contributed by atoms with E-state index in [1.165, 1.54) is 6.20 Å². The zero-order valence-corrected chi connectivity index (χ0v) is 17.6. The number of ether oxygens (including phenoxy) is 2. The van der Waals surface area contributed by atoms with Crippen LogP contribution in [-0.2, 0) is 15.7 Å². The van der Waals surface area contributed by atoms with E-state index in [1.807, 2.05) is 18.3 Å². The number of rotatable bonds is 1. The SMILES string of the molecule is CC(C)(C)c1cnc2c(c1)[C@]1(COCC(N)=N1)c1cc(-c3cccnc3F)ccc1O2. The topological polar surface area (TPSA) is 82.6 Å². The smallest absolute Gasteiger partial charge is 0.225 e. The molecule has 0 bridgehead atoms. The van der Waals surface area contributed by atoms with Crippen LogP contribution in [0.2, 0.25) is 0 Å². The van der Waals surface area contributed by atoms with Crippen LogP contribution in [-0.4, -0.2) is 29.0 Å². The van der Waals surface area contributed by atoms with Gasteiger partial charge in [0.15, 0.2) is 0 Å². The first-order chi connectivity index (χ1) is 14.8. The van der Waals surface area contributed by atoms with Crippen molar-refractivity contribution in [2.75, 3.05) is 13.2 Å². The predicted molar refractivity (Wildman–Crippen MR) is 116 cm³/mol. The zero-order chi connectivity index (χ0) is 21.8. The number of nitrogens with zero attached hydrogens (tertiary/aromatic N) is 3. The second-order valence-corrected chi connectivity index (χ2v) is 8.94. The fraction of sp³-hybridized carbons (Fsp3) is 0.292. The maximum absolute atomic E-state index is 14.4. The van der Waals surface area contributed by atoms with Gasteiger partial charge in [0.2, 0.25) is 11.8 Å². The van der Waals surface area contributed by atoms with Crippen LogP contribution in [0.25, 0.3) is 11.1 Å². The summed E-state index contributed by atoms with van der Waals surface area (Å²) >= 11 is 0. The maximum Gasteiger partial charge on any atom is 0.225 e. The summed E-state index contributed by atoms with van der Waals surface area (Å²) in [5.74, 6) is 0.930. The van der Waals surface area contributed by atoms with Crippen LogP contribution in [0.3, 0.4) is 0 Å². The second-order valence-electron chi connectivity index (χ2n) is 8.94. The summed E-state index contributed by atoms with van der Waals surface area (Å²) in [5, 5.41) is 0. The van der Waals surface area contributed by atoms with Crippen molar-refractivity contribution in [2.45, 2.75) is 31.7 Å². The van der Waals surface area contributed by atoms with E-state index < -0.39 is 11.5 Å². The fourth-order valence-electron chi connectivity index (χ4n) is 4.09. The monoisotopic (exact) mass is 418 g/mol. The van der Waals surface area contributed by atoms with Gasteiger partial charge in [-0.05, 0) is 46.9 Å². The number of halogens is 1. The Morgan fingerprint density at radius 3 is 2.68 bits per heavy atom. The van der Waals surface area contributed by atoms with Crippen LogP contribution in [0.1, 0.15) is 37.5 Å². The molecule has 2 N–H and O–H groups in total. The van der Waals surface area contributed by atoms with Crippen molar-refractivity contribution in [3.05, 3.63) is 71.4 Å². The molecule has 3 aromatic rings. The standard InChI is InChI=1S/C24H23FN4O2/c1-23(2,3)15-10-18-22(28-11-15)31-19-7-6-14(16-5-4-8-27-21(16)25)9-17(19)24(18)13-30-12-20(26)29-24/h4-11H,12-13H2,1-3H3,(H2,26,29)/t24-/m0/s1. The van der Waals surface area contributed by atoms with Crippen LogP contribution in [0, 0.1) is 5.95 Å². The number of aromatic nitrogens is 2. The highest BCUT2D eigenvalue weighted by Gasteiger charge is 2.46. The molecule has 0 unspecified atom stereocenters. The van der Waals surface area contributed by atoms with Crippen LogP contribution >= 0.6 is 0 Å². The van der Waals surface area contributed by atoms with Crippen LogP contribution in [0.4, 0.5) is 4.39 Å². The van der Waals surface area contributed by atoms with Crippen LogP contribution < -0.4 is 10.5 Å². The Bertz CT molecular complexity index is 1220. The predicted octanol–water partition coefficient (Wildman–Crippen LogP) is 4.32. The summed E-state index contributed by atoms with van der Waals surface area (Å²) in [6.07, 6.45) is 3.26. The summed E-state index contributed by atoms with van der Waals surface area (Å²) < 4.78 is 26.4. The summed E-state index contributed by atoms with van der Waals surface area (Å²) in [6.45, 7) is 6.92. The summed E-state index contributed by atoms with van der Waals surface area (Å²) in [7, 11) is 0. The lowest BCUT2D eigenvalue weighted by molar-refractivity contribution is 0.109. The minimum absolute atomic E-state index is 0.116. The number of benzene rings is 1. The fourth-order valence-corrected chi connectivity index (χ4v) is 4.09. The Morgan fingerprint density at radius 2 is 1.94 bits per heavy atom. The minimum atomic E-state index is -0.922. The Kier molecular flexibility index (Phi) is 4.34. The Balaban J connectivity index is 1.77. The van der Waals surface area contributed by atoms with Gasteiger partial charge in [-0.2, -0.15) is 4.39 Å². The molecule has 158 valence electrons. The quantitative estimate of drug-likeness (QED) is 0.595. The molecule has 1 atom stereocenters. The molecule has 0 aliphatic carbocycles. The molecule has 2 aliphatic heterocycles. The van der Waals surface area contributed by atoms with E-state index in [4.69, 9.17) is 20.2 Å². The first-order valence-corrected chi connectivity index (χ1v) is 10.1. The van der Waals surface area contributed by atoms with Gasteiger partial charge < -0.3 is 15.2 Å². The normalized spacial score (nSPS) is 19.9. The van der Waals surface area contributed by atoms with Crippen molar-refractivity contribution < 1.29 is 13.9 Å². The molecule has 6 nitrogen and oxygen atoms in total. The highest BCUT2D eigenvalue weighted by Crippen LogP contribution is 2.51. The number of hydrogen-bond acceptors (Lipinski definition) is 6. The molecule has 7 heteroatoms. The highest BCUT2D eigenvalue weighted by molar-refractivity contribution is 5.84. The number of nitrogens with two attached hydrogens (primary N) is 1. The molecule has 0 saturated heterocycles. The summed E-state index contributed by atoms with van der Waals surface area (Å²) in [6, 6.07) is 11.0. The number of amidine groups is 1. The highest BCUT2D eigenvalue weighted by atomic mass is 19.1. The van der Waals surface area contributed by atoms with Crippen molar-refractivity contribution in [2.24, 2.45) is 10.7 Å². The molecule has 0 amide bonds. The van der Waals surface area contributed by atoms with E-state index in [1.54, 1.807) is 18.2 Å². The molecule has 2 aliphatic rings. The largest absolute Gasteiger partial charge is 0.438 e. The maximum atomic E-state index is 14.4. The van der Waals surface area contributed by atoms with Gasteiger partial charge in [0, 0.05) is 29.1 Å². The Hall–Kier alpha value is -3.32. The molecule has 1 spiro atoms. The molecule has 2 aromatic heterocycles. The van der Waals surface area contributed by atoms with Gasteiger partial charge in [-0.15, -0.1) is 0 Å².